The second-order valence-electron chi connectivity index (χ2n) is 5.11. The van der Waals surface area contributed by atoms with Crippen molar-refractivity contribution >= 4 is 17.3 Å². The molecule has 19 heavy (non-hydrogen) atoms. The average molecular weight is 265 g/mol. The van der Waals surface area contributed by atoms with Gasteiger partial charge in [0.15, 0.2) is 0 Å². The van der Waals surface area contributed by atoms with E-state index in [1.807, 2.05) is 6.07 Å². The van der Waals surface area contributed by atoms with Crippen LogP contribution in [0, 0.1) is 11.7 Å². The molecule has 0 bridgehead atoms. The third kappa shape index (κ3) is 3.44. The number of carbonyl (C=O) groups is 1. The molecule has 1 unspecified atom stereocenters. The van der Waals surface area contributed by atoms with Gasteiger partial charge in [-0.05, 0) is 37.0 Å². The Morgan fingerprint density at radius 2 is 2.37 bits per heavy atom. The summed E-state index contributed by atoms with van der Waals surface area (Å²) in [6.45, 7) is 3.97. The van der Waals surface area contributed by atoms with E-state index in [1.54, 1.807) is 6.07 Å². The number of benzene rings is 1. The Morgan fingerprint density at radius 1 is 1.58 bits per heavy atom. The van der Waals surface area contributed by atoms with Crippen LogP contribution in [-0.4, -0.2) is 25.5 Å². The number of nitrogens with two attached hydrogens (primary N) is 1. The van der Waals surface area contributed by atoms with Crippen LogP contribution in [0.3, 0.4) is 0 Å². The Bertz CT molecular complexity index is 464. The van der Waals surface area contributed by atoms with Crippen LogP contribution in [0.4, 0.5) is 15.8 Å². The highest BCUT2D eigenvalue weighted by molar-refractivity contribution is 5.92. The Hall–Kier alpha value is -1.62. The number of anilines is 2. The number of nitrogens with one attached hydrogen (secondary N) is 1. The van der Waals surface area contributed by atoms with Gasteiger partial charge in [-0.3, -0.25) is 4.79 Å². The zero-order valence-electron chi connectivity index (χ0n) is 11.2. The molecule has 1 aliphatic rings. The van der Waals surface area contributed by atoms with Crippen molar-refractivity contribution < 1.29 is 9.18 Å². The predicted octanol–water partition coefficient (Wildman–Crippen LogP) is 1.96. The number of amides is 1. The Morgan fingerprint density at radius 3 is 3.00 bits per heavy atom. The van der Waals surface area contributed by atoms with E-state index in [2.05, 4.69) is 17.1 Å². The molecule has 0 saturated carbocycles. The van der Waals surface area contributed by atoms with Crippen LogP contribution >= 0.6 is 0 Å². The third-order valence-electron chi connectivity index (χ3n) is 3.43. The van der Waals surface area contributed by atoms with Crippen LogP contribution in [-0.2, 0) is 4.79 Å². The van der Waals surface area contributed by atoms with Crippen molar-refractivity contribution in [2.45, 2.75) is 19.8 Å². The average Bonchev–Trinajstić information content (AvgIpc) is 2.41. The third-order valence-corrected chi connectivity index (χ3v) is 3.43. The Labute approximate surface area is 112 Å². The van der Waals surface area contributed by atoms with Gasteiger partial charge >= 0.3 is 0 Å². The number of nitrogens with zero attached hydrogens (tertiary/aromatic N) is 1. The van der Waals surface area contributed by atoms with Crippen molar-refractivity contribution in [3.05, 3.63) is 24.0 Å². The summed E-state index contributed by atoms with van der Waals surface area (Å²) in [6, 6.07) is 4.91. The van der Waals surface area contributed by atoms with Gasteiger partial charge in [-0.1, -0.05) is 6.92 Å². The summed E-state index contributed by atoms with van der Waals surface area (Å²) in [5.74, 6) is -0.177. The lowest BCUT2D eigenvalue weighted by atomic mass is 10.00. The maximum absolute atomic E-state index is 13.9. The molecule has 3 N–H and O–H groups in total. The first-order valence-electron chi connectivity index (χ1n) is 6.64. The van der Waals surface area contributed by atoms with Gasteiger partial charge in [0.25, 0.3) is 0 Å². The molecule has 2 rings (SSSR count). The number of carbonyl (C=O) groups excluding carboxylic acids is 1. The van der Waals surface area contributed by atoms with Gasteiger partial charge in [-0.15, -0.1) is 0 Å². The van der Waals surface area contributed by atoms with Crippen molar-refractivity contribution in [2.75, 3.05) is 29.9 Å². The number of halogens is 1. The lowest BCUT2D eigenvalue weighted by Crippen LogP contribution is -2.34. The molecule has 1 aliphatic heterocycles. The Balaban J connectivity index is 2.11. The largest absolute Gasteiger partial charge is 0.371 e. The molecule has 1 atom stereocenters. The van der Waals surface area contributed by atoms with E-state index in [0.717, 1.165) is 25.2 Å². The fourth-order valence-electron chi connectivity index (χ4n) is 2.43. The second kappa shape index (κ2) is 6.02. The molecule has 1 amide bonds. The van der Waals surface area contributed by atoms with Gasteiger partial charge in [0.2, 0.25) is 5.91 Å². The Kier molecular flexibility index (Phi) is 4.37. The molecule has 0 radical (unpaired) electrons. The van der Waals surface area contributed by atoms with Crippen molar-refractivity contribution in [1.82, 2.24) is 0 Å². The molecule has 5 heteroatoms. The first kappa shape index (κ1) is 13.8. The number of rotatable bonds is 3. The quantitative estimate of drug-likeness (QED) is 0.878. The van der Waals surface area contributed by atoms with E-state index in [9.17, 15) is 9.18 Å². The van der Waals surface area contributed by atoms with Gasteiger partial charge < -0.3 is 16.0 Å². The van der Waals surface area contributed by atoms with Crippen LogP contribution in [0.1, 0.15) is 19.8 Å². The molecule has 4 nitrogen and oxygen atoms in total. The van der Waals surface area contributed by atoms with Gasteiger partial charge in [-0.25, -0.2) is 4.39 Å². The summed E-state index contributed by atoms with van der Waals surface area (Å²) in [7, 11) is 0. The molecule has 1 heterocycles. The van der Waals surface area contributed by atoms with Gasteiger partial charge in [0.05, 0.1) is 12.2 Å². The predicted molar refractivity (Wildman–Crippen MR) is 74.7 cm³/mol. The molecule has 0 aliphatic carbocycles. The van der Waals surface area contributed by atoms with E-state index < -0.39 is 11.7 Å². The van der Waals surface area contributed by atoms with Gasteiger partial charge in [0, 0.05) is 18.8 Å². The second-order valence-corrected chi connectivity index (χ2v) is 5.11. The molecular formula is C14H20FN3O. The minimum Gasteiger partial charge on any atom is -0.371 e. The van der Waals surface area contributed by atoms with Crippen molar-refractivity contribution in [1.29, 1.82) is 0 Å². The van der Waals surface area contributed by atoms with E-state index in [-0.39, 0.29) is 12.2 Å². The summed E-state index contributed by atoms with van der Waals surface area (Å²) in [5.41, 5.74) is 6.24. The standard InChI is InChI=1S/C14H20FN3O/c1-10-3-2-6-18(9-10)11-4-5-13(12(15)7-11)17-14(19)8-16/h4-5,7,10H,2-3,6,8-9,16H2,1H3,(H,17,19). The maximum Gasteiger partial charge on any atom is 0.238 e. The molecule has 0 spiro atoms. The summed E-state index contributed by atoms with van der Waals surface area (Å²) in [6.07, 6.45) is 2.36. The maximum atomic E-state index is 13.9. The molecule has 104 valence electrons. The highest BCUT2D eigenvalue weighted by atomic mass is 19.1. The van der Waals surface area contributed by atoms with E-state index in [1.165, 1.54) is 12.5 Å². The minimum atomic E-state index is -0.419. The summed E-state index contributed by atoms with van der Waals surface area (Å²) in [4.78, 5) is 13.3. The SMILES string of the molecule is CC1CCCN(c2ccc(NC(=O)CN)c(F)c2)C1. The molecule has 1 aromatic rings. The lowest BCUT2D eigenvalue weighted by Gasteiger charge is -2.33. The van der Waals surface area contributed by atoms with E-state index >= 15 is 0 Å². The monoisotopic (exact) mass is 265 g/mol. The van der Waals surface area contributed by atoms with Crippen LogP contribution in [0.5, 0.6) is 0 Å². The normalized spacial score (nSPS) is 19.3. The van der Waals surface area contributed by atoms with Gasteiger partial charge in [-0.2, -0.15) is 0 Å². The van der Waals surface area contributed by atoms with E-state index in [0.29, 0.717) is 5.92 Å². The highest BCUT2D eigenvalue weighted by Gasteiger charge is 2.17. The number of piperidine rings is 1. The highest BCUT2D eigenvalue weighted by Crippen LogP contribution is 2.26. The first-order valence-corrected chi connectivity index (χ1v) is 6.64. The smallest absolute Gasteiger partial charge is 0.238 e. The van der Waals surface area contributed by atoms with E-state index in [4.69, 9.17) is 5.73 Å². The van der Waals surface area contributed by atoms with Crippen LogP contribution < -0.4 is 16.0 Å². The fraction of sp³-hybridized carbons (Fsp3) is 0.500. The summed E-state index contributed by atoms with van der Waals surface area (Å²) in [5, 5.41) is 2.44. The summed E-state index contributed by atoms with van der Waals surface area (Å²) >= 11 is 0. The first-order chi connectivity index (χ1) is 9.10. The molecule has 1 fully saturated rings. The van der Waals surface area contributed by atoms with Crippen LogP contribution in [0.15, 0.2) is 18.2 Å². The molecular weight excluding hydrogens is 245 g/mol. The molecule has 1 aromatic carbocycles. The zero-order chi connectivity index (χ0) is 13.8. The number of hydrogen-bond acceptors (Lipinski definition) is 3. The summed E-state index contributed by atoms with van der Waals surface area (Å²) < 4.78 is 13.9. The van der Waals surface area contributed by atoms with Gasteiger partial charge in [0.1, 0.15) is 5.82 Å². The lowest BCUT2D eigenvalue weighted by molar-refractivity contribution is -0.114. The topological polar surface area (TPSA) is 58.4 Å². The minimum absolute atomic E-state index is 0.148. The van der Waals surface area contributed by atoms with Crippen molar-refractivity contribution in [2.24, 2.45) is 11.7 Å². The zero-order valence-corrected chi connectivity index (χ0v) is 11.2. The molecule has 1 saturated heterocycles. The fourth-order valence-corrected chi connectivity index (χ4v) is 2.43. The van der Waals surface area contributed by atoms with Crippen LogP contribution in [0.25, 0.3) is 0 Å². The molecule has 0 aromatic heterocycles. The van der Waals surface area contributed by atoms with Crippen LogP contribution in [0.2, 0.25) is 0 Å². The number of hydrogen-bond donors (Lipinski definition) is 2. The van der Waals surface area contributed by atoms with Crippen molar-refractivity contribution in [3.8, 4) is 0 Å². The van der Waals surface area contributed by atoms with Crippen molar-refractivity contribution in [3.63, 3.8) is 0 Å².